The van der Waals surface area contributed by atoms with Crippen LogP contribution in [0, 0.1) is 0 Å². The zero-order valence-corrected chi connectivity index (χ0v) is 6.74. The van der Waals surface area contributed by atoms with Crippen LogP contribution < -0.4 is 0 Å². The molecule has 0 rings (SSSR count). The van der Waals surface area contributed by atoms with Crippen molar-refractivity contribution >= 4 is 9.94 Å². The molecule has 0 aliphatic heterocycles. The van der Waals surface area contributed by atoms with E-state index in [1.807, 2.05) is 13.8 Å². The fourth-order valence-corrected chi connectivity index (χ4v) is 0.292. The second-order valence-corrected chi connectivity index (χ2v) is 2.52. The molecule has 0 radical (unpaired) electrons. The Morgan fingerprint density at radius 2 is 2.00 bits per heavy atom. The first-order valence-corrected chi connectivity index (χ1v) is 3.04. The van der Waals surface area contributed by atoms with Crippen LogP contribution in [0.1, 0.15) is 13.8 Å². The zero-order valence-electron chi connectivity index (χ0n) is 5.34. The van der Waals surface area contributed by atoms with E-state index in [1.165, 1.54) is 0 Å². The van der Waals surface area contributed by atoms with Crippen LogP contribution in [0.15, 0.2) is 5.10 Å². The first kappa shape index (κ1) is 7.92. The third-order valence-electron chi connectivity index (χ3n) is 0.774. The summed E-state index contributed by atoms with van der Waals surface area (Å²) in [6, 6.07) is 0. The quantitative estimate of drug-likeness (QED) is 0.414. The van der Waals surface area contributed by atoms with E-state index < -0.39 is 0 Å². The van der Waals surface area contributed by atoms with E-state index >= 15 is 0 Å². The normalized spacial score (nSPS) is 11.0. The summed E-state index contributed by atoms with van der Waals surface area (Å²) < 4.78 is 1.16. The molecule has 45 valence electrons. The molecule has 0 aromatic carbocycles. The van der Waals surface area contributed by atoms with Gasteiger partial charge in [0.15, 0.2) is 0 Å². The Labute approximate surface area is 58.9 Å². The van der Waals surface area contributed by atoms with Crippen LogP contribution in [0.25, 0.3) is 5.43 Å². The Morgan fingerprint density at radius 3 is 2.12 bits per heavy atom. The van der Waals surface area contributed by atoms with Gasteiger partial charge in [-0.3, -0.25) is 0 Å². The van der Waals surface area contributed by atoms with Gasteiger partial charge in [0, 0.05) is 0 Å². The Hall–Kier alpha value is -0.0756. The maximum absolute atomic E-state index is 3.81. The Balaban J connectivity index is 3.80. The molecule has 0 saturated heterocycles. The van der Waals surface area contributed by atoms with Gasteiger partial charge >= 0.3 is 58.3 Å². The van der Waals surface area contributed by atoms with Crippen molar-refractivity contribution in [1.82, 2.24) is 0 Å². The van der Waals surface area contributed by atoms with E-state index in [2.05, 4.69) is 27.5 Å². The van der Waals surface area contributed by atoms with Gasteiger partial charge in [-0.2, -0.15) is 0 Å². The summed E-state index contributed by atoms with van der Waals surface area (Å²) in [5.74, 6) is 0. The molecular weight excluding hydrogens is 139 g/mol. The molecule has 0 aliphatic rings. The summed E-state index contributed by atoms with van der Waals surface area (Å²) >= 11 is 2.43. The van der Waals surface area contributed by atoms with Crippen LogP contribution in [0.5, 0.6) is 0 Å². The minimum atomic E-state index is 0.979. The molecular formula is C5H9N2V-. The monoisotopic (exact) mass is 148 g/mol. The average Bonchev–Trinajstić information content (AvgIpc) is 1.67. The molecule has 0 aromatic rings. The van der Waals surface area contributed by atoms with Crippen LogP contribution >= 0.6 is 0 Å². The molecule has 0 aliphatic carbocycles. The Bertz CT molecular complexity index is 118. The van der Waals surface area contributed by atoms with Crippen LogP contribution in [-0.2, 0) is 17.0 Å². The van der Waals surface area contributed by atoms with Gasteiger partial charge in [0.1, 0.15) is 0 Å². The molecule has 0 atom stereocenters. The van der Waals surface area contributed by atoms with Gasteiger partial charge in [0.2, 0.25) is 0 Å². The number of hydrogen-bond acceptors (Lipinski definition) is 1. The molecule has 0 heterocycles. The summed E-state index contributed by atoms with van der Waals surface area (Å²) in [6.45, 7) is 3.92. The summed E-state index contributed by atoms with van der Waals surface area (Å²) in [7, 11) is 1.67. The van der Waals surface area contributed by atoms with Crippen LogP contribution in [-0.4, -0.2) is 17.0 Å². The van der Waals surface area contributed by atoms with Crippen molar-refractivity contribution in [2.45, 2.75) is 13.8 Å². The second kappa shape index (κ2) is 3.87. The van der Waals surface area contributed by atoms with Crippen molar-refractivity contribution in [3.05, 3.63) is 5.43 Å². The third kappa shape index (κ3) is 3.00. The molecule has 0 amide bonds. The molecule has 0 saturated carbocycles. The molecule has 0 bridgehead atoms. The van der Waals surface area contributed by atoms with Crippen molar-refractivity contribution in [2.24, 2.45) is 5.10 Å². The number of rotatable bonds is 2. The van der Waals surface area contributed by atoms with E-state index in [0.29, 0.717) is 0 Å². The standard InChI is InChI=1S/C5H9N2.V/c1-4-5(2)7-6-3;/h1-3H3;/q-1;. The summed E-state index contributed by atoms with van der Waals surface area (Å²) in [5, 5.41) is 3.81. The van der Waals surface area contributed by atoms with Gasteiger partial charge in [-0.25, -0.2) is 0 Å². The second-order valence-electron chi connectivity index (χ2n) is 1.47. The van der Waals surface area contributed by atoms with Crippen molar-refractivity contribution in [2.75, 3.05) is 7.05 Å². The third-order valence-corrected chi connectivity index (χ3v) is 1.28. The Kier molecular flexibility index (Phi) is 3.83. The van der Waals surface area contributed by atoms with Gasteiger partial charge in [0.25, 0.3) is 0 Å². The van der Waals surface area contributed by atoms with E-state index in [-0.39, 0.29) is 0 Å². The predicted molar refractivity (Wildman–Crippen MR) is 33.1 cm³/mol. The SMILES string of the molecule is C[N-]N=C(C)[C](C)=[V]. The minimum absolute atomic E-state index is 0.979. The first-order valence-electron chi connectivity index (χ1n) is 2.34. The maximum atomic E-state index is 3.81. The van der Waals surface area contributed by atoms with Gasteiger partial charge in [-0.1, -0.05) is 0 Å². The molecule has 3 heteroatoms. The molecule has 0 fully saturated rings. The number of nitrogens with zero attached hydrogens (tertiary/aromatic N) is 2. The molecule has 0 spiro atoms. The van der Waals surface area contributed by atoms with Crippen molar-refractivity contribution < 1.29 is 17.0 Å². The van der Waals surface area contributed by atoms with Crippen molar-refractivity contribution in [3.63, 3.8) is 0 Å². The van der Waals surface area contributed by atoms with E-state index in [9.17, 15) is 0 Å². The predicted octanol–water partition coefficient (Wildman–Crippen LogP) is 1.10. The molecule has 0 unspecified atom stereocenters. The molecule has 0 N–H and O–H groups in total. The van der Waals surface area contributed by atoms with E-state index in [1.54, 1.807) is 7.05 Å². The number of hydrogen-bond donors (Lipinski definition) is 0. The van der Waals surface area contributed by atoms with E-state index in [4.69, 9.17) is 0 Å². The molecule has 0 aromatic heterocycles. The van der Waals surface area contributed by atoms with Crippen LogP contribution in [0.3, 0.4) is 0 Å². The average molecular weight is 148 g/mol. The van der Waals surface area contributed by atoms with Crippen LogP contribution in [0.4, 0.5) is 0 Å². The fraction of sp³-hybridized carbons (Fsp3) is 0.600. The topological polar surface area (TPSA) is 26.5 Å². The van der Waals surface area contributed by atoms with Crippen molar-refractivity contribution in [3.8, 4) is 0 Å². The van der Waals surface area contributed by atoms with Crippen molar-refractivity contribution in [1.29, 1.82) is 0 Å². The van der Waals surface area contributed by atoms with E-state index in [0.717, 1.165) is 9.94 Å². The molecule has 8 heavy (non-hydrogen) atoms. The van der Waals surface area contributed by atoms with Gasteiger partial charge < -0.3 is 0 Å². The van der Waals surface area contributed by atoms with Gasteiger partial charge in [0.05, 0.1) is 0 Å². The van der Waals surface area contributed by atoms with Crippen LogP contribution in [0.2, 0.25) is 0 Å². The summed E-state index contributed by atoms with van der Waals surface area (Å²) in [5.41, 5.74) is 4.59. The summed E-state index contributed by atoms with van der Waals surface area (Å²) in [6.07, 6.45) is 0. The first-order chi connectivity index (χ1) is 3.68. The Morgan fingerprint density at radius 1 is 1.50 bits per heavy atom. The zero-order chi connectivity index (χ0) is 6.57. The summed E-state index contributed by atoms with van der Waals surface area (Å²) in [4.78, 5) is 0. The molecule has 2 nitrogen and oxygen atoms in total. The fourth-order valence-electron chi connectivity index (χ4n) is 0.222. The van der Waals surface area contributed by atoms with Gasteiger partial charge in [-0.15, -0.1) is 0 Å². The van der Waals surface area contributed by atoms with Gasteiger partial charge in [-0.05, 0) is 0 Å².